The second-order valence-electron chi connectivity index (χ2n) is 5.24. The second-order valence-corrected chi connectivity index (χ2v) is 5.24. The first-order chi connectivity index (χ1) is 10.6. The number of carbonyl (C=O) groups excluding carboxylic acids is 1. The maximum Gasteiger partial charge on any atom is 0.254 e. The molecule has 0 bridgehead atoms. The Balaban J connectivity index is 1.86. The molecule has 2 aromatic rings. The number of nitrogens with one attached hydrogen (secondary N) is 1. The van der Waals surface area contributed by atoms with Crippen LogP contribution in [0.4, 0.5) is 4.39 Å². The molecule has 114 valence electrons. The van der Waals surface area contributed by atoms with Crippen molar-refractivity contribution in [3.05, 3.63) is 65.0 Å². The Kier molecular flexibility index (Phi) is 3.81. The van der Waals surface area contributed by atoms with Crippen LogP contribution < -0.4 is 10.1 Å². The molecular weight excluding hydrogens is 285 g/mol. The van der Waals surface area contributed by atoms with Crippen LogP contribution in [-0.4, -0.2) is 24.2 Å². The number of amides is 1. The van der Waals surface area contributed by atoms with Crippen molar-refractivity contribution in [2.75, 3.05) is 7.11 Å². The highest BCUT2D eigenvalue weighted by atomic mass is 19.1. The van der Waals surface area contributed by atoms with E-state index in [-0.39, 0.29) is 11.3 Å². The lowest BCUT2D eigenvalue weighted by molar-refractivity contribution is 0.0853. The van der Waals surface area contributed by atoms with Crippen LogP contribution in [0, 0.1) is 5.82 Å². The first-order valence-electron chi connectivity index (χ1n) is 7.01. The zero-order valence-corrected chi connectivity index (χ0v) is 12.0. The van der Waals surface area contributed by atoms with Gasteiger partial charge in [-0.05, 0) is 23.3 Å². The summed E-state index contributed by atoms with van der Waals surface area (Å²) in [6, 6.07) is 11.4. The van der Waals surface area contributed by atoms with Gasteiger partial charge in [-0.1, -0.05) is 30.3 Å². The Morgan fingerprint density at radius 2 is 2.05 bits per heavy atom. The van der Waals surface area contributed by atoms with Gasteiger partial charge in [0.2, 0.25) is 0 Å². The summed E-state index contributed by atoms with van der Waals surface area (Å²) in [5.41, 5.74) is 1.76. The van der Waals surface area contributed by atoms with Crippen molar-refractivity contribution in [2.45, 2.75) is 18.6 Å². The van der Waals surface area contributed by atoms with E-state index in [1.54, 1.807) is 6.07 Å². The molecule has 2 aromatic carbocycles. The molecule has 2 atom stereocenters. The number of halogens is 1. The molecule has 0 saturated heterocycles. The van der Waals surface area contributed by atoms with E-state index in [4.69, 9.17) is 4.74 Å². The van der Waals surface area contributed by atoms with Crippen molar-refractivity contribution in [2.24, 2.45) is 0 Å². The summed E-state index contributed by atoms with van der Waals surface area (Å²) in [6.07, 6.45) is -0.239. The van der Waals surface area contributed by atoms with E-state index in [1.807, 2.05) is 24.3 Å². The van der Waals surface area contributed by atoms with Gasteiger partial charge >= 0.3 is 0 Å². The number of carbonyl (C=O) groups is 1. The van der Waals surface area contributed by atoms with Crippen LogP contribution in [0.3, 0.4) is 0 Å². The first kappa shape index (κ1) is 14.5. The van der Waals surface area contributed by atoms with E-state index in [1.165, 1.54) is 19.2 Å². The minimum Gasteiger partial charge on any atom is -0.494 e. The summed E-state index contributed by atoms with van der Waals surface area (Å²) in [4.78, 5) is 12.3. The second kappa shape index (κ2) is 5.77. The average Bonchev–Trinajstić information content (AvgIpc) is 2.83. The quantitative estimate of drug-likeness (QED) is 0.914. The topological polar surface area (TPSA) is 58.6 Å². The number of aliphatic hydroxyl groups is 1. The first-order valence-corrected chi connectivity index (χ1v) is 7.01. The van der Waals surface area contributed by atoms with Crippen LogP contribution in [-0.2, 0) is 6.42 Å². The Labute approximate surface area is 127 Å². The summed E-state index contributed by atoms with van der Waals surface area (Å²) in [7, 11) is 1.34. The summed E-state index contributed by atoms with van der Waals surface area (Å²) < 4.78 is 19.0. The van der Waals surface area contributed by atoms with Crippen LogP contribution in [0.25, 0.3) is 0 Å². The van der Waals surface area contributed by atoms with Crippen molar-refractivity contribution in [1.82, 2.24) is 5.32 Å². The monoisotopic (exact) mass is 301 g/mol. The molecule has 4 nitrogen and oxygen atoms in total. The summed E-state index contributed by atoms with van der Waals surface area (Å²) in [5.74, 6) is -1.26. The molecular formula is C17H16FNO3. The van der Waals surface area contributed by atoms with Gasteiger partial charge in [-0.15, -0.1) is 0 Å². The average molecular weight is 301 g/mol. The van der Waals surface area contributed by atoms with E-state index in [2.05, 4.69) is 5.32 Å². The zero-order valence-electron chi connectivity index (χ0n) is 12.0. The molecule has 0 radical (unpaired) electrons. The third kappa shape index (κ3) is 2.44. The van der Waals surface area contributed by atoms with Gasteiger partial charge in [0.05, 0.1) is 24.8 Å². The third-order valence-electron chi connectivity index (χ3n) is 3.92. The Hall–Kier alpha value is -2.40. The molecule has 0 aliphatic heterocycles. The Morgan fingerprint density at radius 3 is 2.82 bits per heavy atom. The molecule has 1 aliphatic rings. The Bertz CT molecular complexity index is 717. The van der Waals surface area contributed by atoms with Crippen LogP contribution >= 0.6 is 0 Å². The number of ether oxygens (including phenoxy) is 1. The molecule has 2 N–H and O–H groups in total. The van der Waals surface area contributed by atoms with Gasteiger partial charge in [0.25, 0.3) is 5.91 Å². The van der Waals surface area contributed by atoms with Gasteiger partial charge < -0.3 is 15.2 Å². The van der Waals surface area contributed by atoms with Gasteiger partial charge in [0.1, 0.15) is 0 Å². The molecule has 0 heterocycles. The lowest BCUT2D eigenvalue weighted by Gasteiger charge is -2.18. The predicted molar refractivity (Wildman–Crippen MR) is 79.3 cm³/mol. The van der Waals surface area contributed by atoms with Gasteiger partial charge in [-0.25, -0.2) is 4.39 Å². The van der Waals surface area contributed by atoms with Gasteiger partial charge in [-0.3, -0.25) is 4.79 Å². The number of hydrogen-bond acceptors (Lipinski definition) is 3. The van der Waals surface area contributed by atoms with E-state index in [0.29, 0.717) is 6.42 Å². The van der Waals surface area contributed by atoms with Crippen LogP contribution in [0.15, 0.2) is 42.5 Å². The number of fused-ring (bicyclic) bond motifs is 1. The highest BCUT2D eigenvalue weighted by Gasteiger charge is 2.32. The largest absolute Gasteiger partial charge is 0.494 e. The van der Waals surface area contributed by atoms with Crippen LogP contribution in [0.5, 0.6) is 5.75 Å². The number of rotatable bonds is 3. The fourth-order valence-electron chi connectivity index (χ4n) is 2.81. The number of hydrogen-bond donors (Lipinski definition) is 2. The summed E-state index contributed by atoms with van der Waals surface area (Å²) in [5, 5.41) is 12.9. The van der Waals surface area contributed by atoms with Crippen molar-refractivity contribution in [3.8, 4) is 5.75 Å². The SMILES string of the molecule is COc1cccc(C(=O)NC2c3ccccc3CC2O)c1F. The van der Waals surface area contributed by atoms with Gasteiger partial charge in [0.15, 0.2) is 11.6 Å². The highest BCUT2D eigenvalue weighted by molar-refractivity contribution is 5.95. The zero-order chi connectivity index (χ0) is 15.7. The lowest BCUT2D eigenvalue weighted by Crippen LogP contribution is -2.34. The standard InChI is InChI=1S/C17H16FNO3/c1-22-14-8-4-7-12(15(14)18)17(21)19-16-11-6-3-2-5-10(11)9-13(16)20/h2-8,13,16,20H,9H2,1H3,(H,19,21). The molecule has 2 unspecified atom stereocenters. The fourth-order valence-corrected chi connectivity index (χ4v) is 2.81. The minimum absolute atomic E-state index is 0.0139. The molecule has 0 saturated carbocycles. The van der Waals surface area contributed by atoms with E-state index in [0.717, 1.165) is 11.1 Å². The smallest absolute Gasteiger partial charge is 0.254 e. The molecule has 0 spiro atoms. The molecule has 1 amide bonds. The van der Waals surface area contributed by atoms with Crippen molar-refractivity contribution >= 4 is 5.91 Å². The van der Waals surface area contributed by atoms with E-state index in [9.17, 15) is 14.3 Å². The van der Waals surface area contributed by atoms with E-state index >= 15 is 0 Å². The maximum absolute atomic E-state index is 14.1. The fraction of sp³-hybridized carbons (Fsp3) is 0.235. The normalized spacial score (nSPS) is 19.6. The minimum atomic E-state index is -0.713. The molecule has 5 heteroatoms. The molecule has 1 aliphatic carbocycles. The van der Waals surface area contributed by atoms with Gasteiger partial charge in [-0.2, -0.15) is 0 Å². The molecule has 0 aromatic heterocycles. The van der Waals surface area contributed by atoms with Gasteiger partial charge in [0, 0.05) is 6.42 Å². The Morgan fingerprint density at radius 1 is 1.27 bits per heavy atom. The number of aliphatic hydroxyl groups excluding tert-OH is 1. The maximum atomic E-state index is 14.1. The highest BCUT2D eigenvalue weighted by Crippen LogP contribution is 2.31. The van der Waals surface area contributed by atoms with Crippen molar-refractivity contribution in [3.63, 3.8) is 0 Å². The van der Waals surface area contributed by atoms with E-state index < -0.39 is 23.9 Å². The predicted octanol–water partition coefficient (Wildman–Crippen LogP) is 2.22. The summed E-state index contributed by atoms with van der Waals surface area (Å²) >= 11 is 0. The third-order valence-corrected chi connectivity index (χ3v) is 3.92. The molecule has 22 heavy (non-hydrogen) atoms. The van der Waals surface area contributed by atoms with Crippen LogP contribution in [0.2, 0.25) is 0 Å². The van der Waals surface area contributed by atoms with Crippen molar-refractivity contribution < 1.29 is 19.0 Å². The lowest BCUT2D eigenvalue weighted by atomic mass is 10.1. The molecule has 0 fully saturated rings. The van der Waals surface area contributed by atoms with Crippen LogP contribution in [0.1, 0.15) is 27.5 Å². The number of benzene rings is 2. The molecule has 3 rings (SSSR count). The number of methoxy groups -OCH3 is 1. The summed E-state index contributed by atoms with van der Waals surface area (Å²) in [6.45, 7) is 0. The van der Waals surface area contributed by atoms with Crippen molar-refractivity contribution in [1.29, 1.82) is 0 Å².